The smallest absolute Gasteiger partial charge is 0.258 e. The third-order valence-electron chi connectivity index (χ3n) is 4.45. The Morgan fingerprint density at radius 3 is 2.69 bits per heavy atom. The lowest BCUT2D eigenvalue weighted by Crippen LogP contribution is -2.16. The Bertz CT molecular complexity index is 1110. The normalized spacial score (nSPS) is 11.5. The quantitative estimate of drug-likeness (QED) is 0.425. The monoisotopic (exact) mass is 456 g/mol. The topological polar surface area (TPSA) is 123 Å². The first-order valence-electron chi connectivity index (χ1n) is 9.72. The number of pyridine rings is 2. The van der Waals surface area contributed by atoms with Crippen molar-refractivity contribution in [3.8, 4) is 11.5 Å². The van der Waals surface area contributed by atoms with Crippen LogP contribution in [0.3, 0.4) is 0 Å². The van der Waals surface area contributed by atoms with Gasteiger partial charge in [0.1, 0.15) is 22.3 Å². The Hall–Kier alpha value is -3.50. The maximum absolute atomic E-state index is 13.1. The minimum Gasteiger partial charge on any atom is -0.497 e. The number of carbonyl (C=O) groups excluding carboxylic acids is 1. The van der Waals surface area contributed by atoms with E-state index >= 15 is 0 Å². The van der Waals surface area contributed by atoms with Crippen LogP contribution >= 0.6 is 0 Å². The van der Waals surface area contributed by atoms with Gasteiger partial charge in [-0.1, -0.05) is 6.07 Å². The van der Waals surface area contributed by atoms with Crippen molar-refractivity contribution in [3.05, 3.63) is 66.0 Å². The van der Waals surface area contributed by atoms with E-state index in [0.29, 0.717) is 35.1 Å². The number of ether oxygens (including phenoxy) is 2. The van der Waals surface area contributed by atoms with Crippen LogP contribution in [0, 0.1) is 0 Å². The molecule has 0 radical (unpaired) electrons. The van der Waals surface area contributed by atoms with Gasteiger partial charge < -0.3 is 25.2 Å². The minimum atomic E-state index is -1.60. The summed E-state index contributed by atoms with van der Waals surface area (Å²) in [6.45, 7) is 0.299. The molecule has 168 valence electrons. The van der Waals surface area contributed by atoms with Gasteiger partial charge >= 0.3 is 0 Å². The van der Waals surface area contributed by atoms with E-state index in [1.165, 1.54) is 19.5 Å². The van der Waals surface area contributed by atoms with E-state index in [9.17, 15) is 9.00 Å². The number of aliphatic hydroxyl groups excluding tert-OH is 1. The number of nitrogens with one attached hydrogen (secondary N) is 2. The summed E-state index contributed by atoms with van der Waals surface area (Å²) >= 11 is 0. The summed E-state index contributed by atoms with van der Waals surface area (Å²) < 4.78 is 23.7. The Labute approximate surface area is 188 Å². The maximum atomic E-state index is 13.1. The van der Waals surface area contributed by atoms with Gasteiger partial charge in [0.15, 0.2) is 0 Å². The van der Waals surface area contributed by atoms with Crippen molar-refractivity contribution in [1.29, 1.82) is 0 Å². The minimum absolute atomic E-state index is 0.0396. The van der Waals surface area contributed by atoms with Crippen LogP contribution in [0.4, 0.5) is 11.5 Å². The van der Waals surface area contributed by atoms with E-state index in [1.807, 2.05) is 0 Å². The van der Waals surface area contributed by atoms with Gasteiger partial charge in [-0.15, -0.1) is 0 Å². The second kappa shape index (κ2) is 11.2. The summed E-state index contributed by atoms with van der Waals surface area (Å²) in [5.74, 6) is 1.36. The molecular weight excluding hydrogens is 432 g/mol. The summed E-state index contributed by atoms with van der Waals surface area (Å²) in [4.78, 5) is 21.2. The predicted molar refractivity (Wildman–Crippen MR) is 122 cm³/mol. The molecule has 2 aromatic heterocycles. The number of methoxy groups -OCH3 is 2. The van der Waals surface area contributed by atoms with Crippen molar-refractivity contribution in [2.75, 3.05) is 38.0 Å². The van der Waals surface area contributed by atoms with Crippen molar-refractivity contribution in [2.24, 2.45) is 0 Å². The average molecular weight is 457 g/mol. The third-order valence-corrected chi connectivity index (χ3v) is 5.78. The zero-order valence-electron chi connectivity index (χ0n) is 17.7. The highest BCUT2D eigenvalue weighted by molar-refractivity contribution is 7.84. The van der Waals surface area contributed by atoms with Gasteiger partial charge in [0.25, 0.3) is 5.91 Å². The van der Waals surface area contributed by atoms with E-state index < -0.39 is 16.7 Å². The lowest BCUT2D eigenvalue weighted by Gasteiger charge is -2.12. The van der Waals surface area contributed by atoms with Crippen LogP contribution in [-0.4, -0.2) is 52.6 Å². The number of aliphatic hydroxyl groups is 1. The number of anilines is 2. The summed E-state index contributed by atoms with van der Waals surface area (Å²) in [5.41, 5.74) is 1.42. The fourth-order valence-electron chi connectivity index (χ4n) is 2.91. The average Bonchev–Trinajstić information content (AvgIpc) is 2.83. The maximum Gasteiger partial charge on any atom is 0.258 e. The molecule has 1 unspecified atom stereocenters. The molecule has 0 saturated carbocycles. The summed E-state index contributed by atoms with van der Waals surface area (Å²) in [5, 5.41) is 14.8. The number of aromatic nitrogens is 2. The second-order valence-electron chi connectivity index (χ2n) is 6.56. The number of benzene rings is 1. The lowest BCUT2D eigenvalue weighted by molar-refractivity contribution is 0.102. The molecule has 9 nitrogen and oxygen atoms in total. The number of carbonyl (C=O) groups is 1. The molecule has 2 heterocycles. The van der Waals surface area contributed by atoms with Gasteiger partial charge in [0.2, 0.25) is 0 Å². The van der Waals surface area contributed by atoms with Gasteiger partial charge in [-0.3, -0.25) is 9.00 Å². The van der Waals surface area contributed by atoms with Crippen LogP contribution in [0.2, 0.25) is 0 Å². The highest BCUT2D eigenvalue weighted by Gasteiger charge is 2.19. The van der Waals surface area contributed by atoms with Gasteiger partial charge in [-0.05, 0) is 24.3 Å². The van der Waals surface area contributed by atoms with Crippen LogP contribution in [0.15, 0.2) is 59.9 Å². The van der Waals surface area contributed by atoms with Gasteiger partial charge in [-0.25, -0.2) is 9.97 Å². The van der Waals surface area contributed by atoms with Gasteiger partial charge in [0.05, 0.1) is 42.9 Å². The zero-order chi connectivity index (χ0) is 22.9. The first kappa shape index (κ1) is 23.2. The Balaban J connectivity index is 1.80. The number of hydrogen-bond acceptors (Lipinski definition) is 8. The third kappa shape index (κ3) is 5.80. The number of rotatable bonds is 10. The SMILES string of the molecule is COc1ccc(CS(=O)c2ncccc2C(=O)Nc2ccnc(NCCO)c2)c(OC)c1. The first-order chi connectivity index (χ1) is 15.5. The van der Waals surface area contributed by atoms with Crippen LogP contribution in [0.1, 0.15) is 15.9 Å². The van der Waals surface area contributed by atoms with Gasteiger partial charge in [0, 0.05) is 42.3 Å². The molecule has 0 aliphatic heterocycles. The number of hydrogen-bond donors (Lipinski definition) is 3. The summed E-state index contributed by atoms with van der Waals surface area (Å²) in [6, 6.07) is 11.7. The zero-order valence-corrected chi connectivity index (χ0v) is 18.5. The van der Waals surface area contributed by atoms with Crippen LogP contribution < -0.4 is 20.1 Å². The molecule has 3 rings (SSSR count). The lowest BCUT2D eigenvalue weighted by atomic mass is 10.2. The molecule has 10 heteroatoms. The molecule has 0 fully saturated rings. The second-order valence-corrected chi connectivity index (χ2v) is 7.92. The molecular formula is C22H24N4O5S. The molecule has 0 aliphatic carbocycles. The van der Waals surface area contributed by atoms with Crippen LogP contribution in [-0.2, 0) is 16.6 Å². The molecule has 0 spiro atoms. The molecule has 0 aliphatic rings. The molecule has 3 aromatic rings. The highest BCUT2D eigenvalue weighted by atomic mass is 32.2. The Morgan fingerprint density at radius 2 is 1.94 bits per heavy atom. The fourth-order valence-corrected chi connectivity index (χ4v) is 4.16. The molecule has 1 aromatic carbocycles. The molecule has 0 saturated heterocycles. The Kier molecular flexibility index (Phi) is 8.12. The van der Waals surface area contributed by atoms with Crippen molar-refractivity contribution in [2.45, 2.75) is 10.8 Å². The standard InChI is InChI=1S/C22H24N4O5S/c1-30-17-6-5-15(19(13-17)31-2)14-32(29)22-18(4-3-8-25-22)21(28)26-16-7-9-23-20(12-16)24-10-11-27/h3-9,12-13,27H,10-11,14H2,1-2H3,(H2,23,24,26,28). The summed E-state index contributed by atoms with van der Waals surface area (Å²) in [6.07, 6.45) is 3.03. The van der Waals surface area contributed by atoms with Crippen LogP contribution in [0.25, 0.3) is 0 Å². The molecule has 32 heavy (non-hydrogen) atoms. The largest absolute Gasteiger partial charge is 0.497 e. The van der Waals surface area contributed by atoms with E-state index in [4.69, 9.17) is 14.6 Å². The molecule has 3 N–H and O–H groups in total. The predicted octanol–water partition coefficient (Wildman–Crippen LogP) is 2.46. The van der Waals surface area contributed by atoms with Crippen molar-refractivity contribution in [1.82, 2.24) is 9.97 Å². The first-order valence-corrected chi connectivity index (χ1v) is 11.0. The number of nitrogens with zero attached hydrogens (tertiary/aromatic N) is 2. The molecule has 1 amide bonds. The van der Waals surface area contributed by atoms with Crippen molar-refractivity contribution >= 4 is 28.2 Å². The Morgan fingerprint density at radius 1 is 1.09 bits per heavy atom. The van der Waals surface area contributed by atoms with Crippen LogP contribution in [0.5, 0.6) is 11.5 Å². The fraction of sp³-hybridized carbons (Fsp3) is 0.227. The summed E-state index contributed by atoms with van der Waals surface area (Å²) in [7, 11) is 1.48. The van der Waals surface area contributed by atoms with E-state index in [-0.39, 0.29) is 22.9 Å². The van der Waals surface area contributed by atoms with E-state index in [0.717, 1.165) is 0 Å². The van der Waals surface area contributed by atoms with Crippen molar-refractivity contribution in [3.63, 3.8) is 0 Å². The van der Waals surface area contributed by atoms with E-state index in [1.54, 1.807) is 49.6 Å². The van der Waals surface area contributed by atoms with Crippen molar-refractivity contribution < 1.29 is 23.6 Å². The van der Waals surface area contributed by atoms with Gasteiger partial charge in [-0.2, -0.15) is 0 Å². The molecule has 0 bridgehead atoms. The highest BCUT2D eigenvalue weighted by Crippen LogP contribution is 2.27. The number of amides is 1. The molecule has 1 atom stereocenters. The van der Waals surface area contributed by atoms with E-state index in [2.05, 4.69) is 20.6 Å².